The number of hydrogen-bond donors (Lipinski definition) is 2. The second-order valence-electron chi connectivity index (χ2n) is 3.97. The van der Waals surface area contributed by atoms with Crippen molar-refractivity contribution in [1.82, 2.24) is 0 Å². The van der Waals surface area contributed by atoms with E-state index in [0.717, 1.165) is 12.1 Å². The van der Waals surface area contributed by atoms with E-state index in [1.807, 2.05) is 0 Å². The average Bonchev–Trinajstić information content (AvgIpc) is 2.27. The Balaban J connectivity index is 2.31. The molecule has 0 aliphatic rings. The van der Waals surface area contributed by atoms with Crippen LogP contribution in [0.15, 0.2) is 41.3 Å². The second kappa shape index (κ2) is 5.36. The van der Waals surface area contributed by atoms with E-state index >= 15 is 0 Å². The molecular weight excluding hydrogens is 272 g/mol. The minimum Gasteiger partial charge on any atom is -0.508 e. The summed E-state index contributed by atoms with van der Waals surface area (Å²) in [6.07, 6.45) is 0. The lowest BCUT2D eigenvalue weighted by Crippen LogP contribution is -2.04. The van der Waals surface area contributed by atoms with Gasteiger partial charge in [0.2, 0.25) is 0 Å². The van der Waals surface area contributed by atoms with Gasteiger partial charge in [-0.25, -0.2) is 8.78 Å². The van der Waals surface area contributed by atoms with Gasteiger partial charge in [-0.2, -0.15) is 0 Å². The summed E-state index contributed by atoms with van der Waals surface area (Å²) in [5, 5.41) is 9.28. The summed E-state index contributed by atoms with van der Waals surface area (Å²) in [5.41, 5.74) is 5.75. The predicted molar refractivity (Wildman–Crippen MR) is 69.0 cm³/mol. The quantitative estimate of drug-likeness (QED) is 0.851. The molecule has 3 N–H and O–H groups in total. The zero-order valence-corrected chi connectivity index (χ0v) is 10.6. The third kappa shape index (κ3) is 3.08. The van der Waals surface area contributed by atoms with Crippen LogP contribution in [0.4, 0.5) is 14.5 Å². The second-order valence-corrected chi connectivity index (χ2v) is 5.36. The van der Waals surface area contributed by atoms with Crippen LogP contribution in [0.5, 0.6) is 5.75 Å². The van der Waals surface area contributed by atoms with E-state index in [0.29, 0.717) is 5.56 Å². The molecule has 0 fully saturated rings. The number of rotatable bonds is 3. The molecule has 0 spiro atoms. The average molecular weight is 283 g/mol. The molecule has 19 heavy (non-hydrogen) atoms. The van der Waals surface area contributed by atoms with Crippen LogP contribution in [0.3, 0.4) is 0 Å². The molecule has 0 aliphatic heterocycles. The lowest BCUT2D eigenvalue weighted by molar-refractivity contribution is 0.475. The molecule has 6 heteroatoms. The van der Waals surface area contributed by atoms with Gasteiger partial charge in [-0.1, -0.05) is 12.1 Å². The number of nitrogens with two attached hydrogens (primary N) is 1. The summed E-state index contributed by atoms with van der Waals surface area (Å²) in [6.45, 7) is 0. The van der Waals surface area contributed by atoms with Gasteiger partial charge in [0.1, 0.15) is 22.3 Å². The van der Waals surface area contributed by atoms with Crippen LogP contribution in [0.25, 0.3) is 0 Å². The van der Waals surface area contributed by atoms with Crippen molar-refractivity contribution in [3.05, 3.63) is 53.6 Å². The number of phenolic OH excluding ortho intramolecular Hbond substituents is 1. The highest BCUT2D eigenvalue weighted by Crippen LogP contribution is 2.23. The SMILES string of the molecule is Nc1cc(F)c(S(=O)Cc2cccc(O)c2)c(F)c1. The molecule has 2 aromatic rings. The Hall–Kier alpha value is -1.95. The monoisotopic (exact) mass is 283 g/mol. The van der Waals surface area contributed by atoms with Gasteiger partial charge in [0.25, 0.3) is 0 Å². The summed E-state index contributed by atoms with van der Waals surface area (Å²) in [7, 11) is -1.89. The maximum absolute atomic E-state index is 13.6. The molecule has 0 heterocycles. The number of phenols is 1. The van der Waals surface area contributed by atoms with Gasteiger partial charge < -0.3 is 10.8 Å². The maximum Gasteiger partial charge on any atom is 0.144 e. The van der Waals surface area contributed by atoms with Crippen molar-refractivity contribution >= 4 is 16.5 Å². The summed E-state index contributed by atoms with van der Waals surface area (Å²) in [4.78, 5) is -0.502. The lowest BCUT2D eigenvalue weighted by atomic mass is 10.2. The van der Waals surface area contributed by atoms with E-state index in [2.05, 4.69) is 0 Å². The molecule has 0 bridgehead atoms. The fourth-order valence-corrected chi connectivity index (χ4v) is 2.85. The molecule has 0 saturated heterocycles. The predicted octanol–water partition coefficient (Wildman–Crippen LogP) is 2.56. The molecule has 2 rings (SSSR count). The van der Waals surface area contributed by atoms with Crippen LogP contribution in [0, 0.1) is 11.6 Å². The van der Waals surface area contributed by atoms with Crippen molar-refractivity contribution in [2.45, 2.75) is 10.6 Å². The third-order valence-corrected chi connectivity index (χ3v) is 3.90. The van der Waals surface area contributed by atoms with E-state index in [9.17, 15) is 18.1 Å². The Labute approximate surface area is 111 Å². The number of nitrogen functional groups attached to an aromatic ring is 1. The van der Waals surface area contributed by atoms with E-state index in [4.69, 9.17) is 5.73 Å². The third-order valence-electron chi connectivity index (χ3n) is 2.46. The Morgan fingerprint density at radius 2 is 1.79 bits per heavy atom. The van der Waals surface area contributed by atoms with Gasteiger partial charge in [0, 0.05) is 5.69 Å². The summed E-state index contributed by atoms with van der Waals surface area (Å²) in [5.74, 6) is -1.95. The van der Waals surface area contributed by atoms with Gasteiger partial charge in [-0.3, -0.25) is 4.21 Å². The van der Waals surface area contributed by atoms with Crippen LogP contribution in [0.1, 0.15) is 5.56 Å². The van der Waals surface area contributed by atoms with E-state index in [-0.39, 0.29) is 17.2 Å². The maximum atomic E-state index is 13.6. The molecule has 0 amide bonds. The fraction of sp³-hybridized carbons (Fsp3) is 0.0769. The highest BCUT2D eigenvalue weighted by Gasteiger charge is 2.17. The van der Waals surface area contributed by atoms with Crippen LogP contribution < -0.4 is 5.73 Å². The number of hydrogen-bond acceptors (Lipinski definition) is 3. The van der Waals surface area contributed by atoms with E-state index in [1.165, 1.54) is 12.1 Å². The summed E-state index contributed by atoms with van der Waals surface area (Å²) < 4.78 is 39.1. The number of anilines is 1. The zero-order chi connectivity index (χ0) is 14.0. The topological polar surface area (TPSA) is 63.3 Å². The van der Waals surface area contributed by atoms with Gasteiger partial charge in [0.05, 0.1) is 16.6 Å². The van der Waals surface area contributed by atoms with Crippen molar-refractivity contribution in [1.29, 1.82) is 0 Å². The Morgan fingerprint density at radius 1 is 1.16 bits per heavy atom. The lowest BCUT2D eigenvalue weighted by Gasteiger charge is -2.07. The highest BCUT2D eigenvalue weighted by molar-refractivity contribution is 7.84. The molecule has 0 aromatic heterocycles. The molecule has 0 aliphatic carbocycles. The number of halogens is 2. The summed E-state index contributed by atoms with van der Waals surface area (Å²) >= 11 is 0. The van der Waals surface area contributed by atoms with Crippen molar-refractivity contribution in [3.8, 4) is 5.75 Å². The first-order valence-electron chi connectivity index (χ1n) is 5.38. The van der Waals surface area contributed by atoms with Gasteiger partial charge >= 0.3 is 0 Å². The number of aromatic hydroxyl groups is 1. The minimum atomic E-state index is -1.89. The van der Waals surface area contributed by atoms with Crippen molar-refractivity contribution in [3.63, 3.8) is 0 Å². The van der Waals surface area contributed by atoms with Gasteiger partial charge in [-0.15, -0.1) is 0 Å². The normalized spacial score (nSPS) is 12.3. The molecule has 3 nitrogen and oxygen atoms in total. The molecule has 0 radical (unpaired) electrons. The minimum absolute atomic E-state index is 0.00718. The molecule has 100 valence electrons. The molecular formula is C13H11F2NO2S. The van der Waals surface area contributed by atoms with E-state index in [1.54, 1.807) is 12.1 Å². The van der Waals surface area contributed by atoms with Crippen molar-refractivity contribution in [2.24, 2.45) is 0 Å². The molecule has 0 saturated carbocycles. The zero-order valence-electron chi connectivity index (χ0n) is 9.77. The van der Waals surface area contributed by atoms with Crippen LogP contribution in [-0.2, 0) is 16.6 Å². The molecule has 1 atom stereocenters. The molecule has 2 aromatic carbocycles. The summed E-state index contributed by atoms with van der Waals surface area (Å²) in [6, 6.07) is 7.89. The van der Waals surface area contributed by atoms with Crippen molar-refractivity contribution in [2.75, 3.05) is 5.73 Å². The van der Waals surface area contributed by atoms with Gasteiger partial charge in [0.15, 0.2) is 0 Å². The first kappa shape index (κ1) is 13.5. The molecule has 1 unspecified atom stereocenters. The fourth-order valence-electron chi connectivity index (χ4n) is 1.67. The highest BCUT2D eigenvalue weighted by atomic mass is 32.2. The van der Waals surface area contributed by atoms with Crippen LogP contribution in [-0.4, -0.2) is 9.32 Å². The number of benzene rings is 2. The first-order valence-corrected chi connectivity index (χ1v) is 6.70. The smallest absolute Gasteiger partial charge is 0.144 e. The van der Waals surface area contributed by atoms with Gasteiger partial charge in [-0.05, 0) is 29.8 Å². The van der Waals surface area contributed by atoms with E-state index < -0.39 is 27.3 Å². The van der Waals surface area contributed by atoms with Crippen LogP contribution in [0.2, 0.25) is 0 Å². The van der Waals surface area contributed by atoms with Crippen LogP contribution >= 0.6 is 0 Å². The Bertz CT molecular complexity index is 623. The Kier molecular flexibility index (Phi) is 3.80. The largest absolute Gasteiger partial charge is 0.508 e. The standard InChI is InChI=1S/C13H11F2NO2S/c14-11-5-9(16)6-12(15)13(11)19(18)7-8-2-1-3-10(17)4-8/h1-6,17H,7,16H2. The Morgan fingerprint density at radius 3 is 2.37 bits per heavy atom. The van der Waals surface area contributed by atoms with Crippen molar-refractivity contribution < 1.29 is 18.1 Å². The first-order chi connectivity index (χ1) is 8.97.